The highest BCUT2D eigenvalue weighted by Gasteiger charge is 2.13. The predicted octanol–water partition coefficient (Wildman–Crippen LogP) is 1.96. The van der Waals surface area contributed by atoms with Crippen LogP contribution in [0.3, 0.4) is 0 Å². The smallest absolute Gasteiger partial charge is 0.269 e. The fourth-order valence-corrected chi connectivity index (χ4v) is 1.35. The molecule has 1 rings (SSSR count). The zero-order valence-corrected chi connectivity index (χ0v) is 9.54. The first kappa shape index (κ1) is 13.3. The van der Waals surface area contributed by atoms with Crippen LogP contribution in [0.1, 0.15) is 25.0 Å². The molecule has 0 heterocycles. The fourth-order valence-electron chi connectivity index (χ4n) is 1.35. The van der Waals surface area contributed by atoms with Crippen molar-refractivity contribution in [1.82, 2.24) is 0 Å². The molecule has 0 amide bonds. The van der Waals surface area contributed by atoms with Crippen molar-refractivity contribution in [2.45, 2.75) is 25.6 Å². The topological polar surface area (TPSA) is 83.6 Å². The molecule has 17 heavy (non-hydrogen) atoms. The number of non-ortho nitro benzene ring substituents is 1. The van der Waals surface area contributed by atoms with Crippen LogP contribution in [0.15, 0.2) is 36.4 Å². The van der Waals surface area contributed by atoms with Crippen molar-refractivity contribution in [3.8, 4) is 0 Å². The number of aliphatic hydroxyl groups is 2. The molecule has 0 aliphatic heterocycles. The van der Waals surface area contributed by atoms with Crippen LogP contribution in [-0.2, 0) is 0 Å². The molecular formula is C12H15NO4. The zero-order chi connectivity index (χ0) is 13.0. The number of rotatable bonds is 5. The highest BCUT2D eigenvalue weighted by atomic mass is 16.6. The van der Waals surface area contributed by atoms with Crippen molar-refractivity contribution in [3.05, 3.63) is 52.1 Å². The van der Waals surface area contributed by atoms with Crippen molar-refractivity contribution >= 4 is 5.69 Å². The van der Waals surface area contributed by atoms with Crippen LogP contribution in [0.5, 0.6) is 0 Å². The first-order valence-electron chi connectivity index (χ1n) is 5.20. The van der Waals surface area contributed by atoms with E-state index in [-0.39, 0.29) is 12.1 Å². The monoisotopic (exact) mass is 237 g/mol. The summed E-state index contributed by atoms with van der Waals surface area (Å²) in [6.45, 7) is 5.22. The second-order valence-electron chi connectivity index (χ2n) is 3.90. The third-order valence-electron chi connectivity index (χ3n) is 2.54. The second kappa shape index (κ2) is 5.56. The minimum absolute atomic E-state index is 0.0182. The molecule has 0 saturated heterocycles. The number of hydrogen-bond acceptors (Lipinski definition) is 4. The van der Waals surface area contributed by atoms with E-state index in [1.165, 1.54) is 24.3 Å². The van der Waals surface area contributed by atoms with Gasteiger partial charge >= 0.3 is 0 Å². The maximum atomic E-state index is 10.4. The molecule has 0 fully saturated rings. The minimum atomic E-state index is -0.807. The van der Waals surface area contributed by atoms with E-state index < -0.39 is 17.1 Å². The van der Waals surface area contributed by atoms with Gasteiger partial charge in [-0.15, -0.1) is 0 Å². The lowest BCUT2D eigenvalue weighted by Crippen LogP contribution is -2.08. The quantitative estimate of drug-likeness (QED) is 0.465. The molecule has 0 bridgehead atoms. The predicted molar refractivity (Wildman–Crippen MR) is 63.5 cm³/mol. The van der Waals surface area contributed by atoms with Gasteiger partial charge in [0.05, 0.1) is 17.1 Å². The van der Waals surface area contributed by atoms with Gasteiger partial charge in [0.2, 0.25) is 0 Å². The van der Waals surface area contributed by atoms with Crippen molar-refractivity contribution < 1.29 is 15.1 Å². The molecule has 0 aromatic heterocycles. The number of benzene rings is 1. The Balaban J connectivity index is 2.73. The van der Waals surface area contributed by atoms with Crippen molar-refractivity contribution in [3.63, 3.8) is 0 Å². The molecule has 0 radical (unpaired) electrons. The van der Waals surface area contributed by atoms with Gasteiger partial charge in [0, 0.05) is 18.6 Å². The van der Waals surface area contributed by atoms with E-state index in [0.717, 1.165) is 0 Å². The summed E-state index contributed by atoms with van der Waals surface area (Å²) >= 11 is 0. The molecule has 5 nitrogen and oxygen atoms in total. The van der Waals surface area contributed by atoms with E-state index in [0.29, 0.717) is 11.1 Å². The maximum Gasteiger partial charge on any atom is 0.269 e. The summed E-state index contributed by atoms with van der Waals surface area (Å²) in [7, 11) is 0. The Kier molecular flexibility index (Phi) is 4.37. The molecule has 1 aromatic rings. The van der Waals surface area contributed by atoms with Gasteiger partial charge in [-0.25, -0.2) is 0 Å². The fraction of sp³-hybridized carbons (Fsp3) is 0.333. The first-order valence-corrected chi connectivity index (χ1v) is 5.20. The summed E-state index contributed by atoms with van der Waals surface area (Å²) in [4.78, 5) is 9.95. The van der Waals surface area contributed by atoms with Gasteiger partial charge in [0.1, 0.15) is 0 Å². The summed E-state index contributed by atoms with van der Waals surface area (Å²) in [6, 6.07) is 5.67. The highest BCUT2D eigenvalue weighted by molar-refractivity contribution is 5.34. The lowest BCUT2D eigenvalue weighted by Gasteiger charge is -2.14. The van der Waals surface area contributed by atoms with E-state index in [1.54, 1.807) is 6.92 Å². The Hall–Kier alpha value is -1.72. The van der Waals surface area contributed by atoms with Gasteiger partial charge in [0.25, 0.3) is 5.69 Å². The molecule has 2 atom stereocenters. The minimum Gasteiger partial charge on any atom is -0.389 e. The first-order chi connectivity index (χ1) is 7.91. The van der Waals surface area contributed by atoms with Crippen LogP contribution in [0, 0.1) is 10.1 Å². The lowest BCUT2D eigenvalue weighted by molar-refractivity contribution is -0.384. The standard InChI is InChI=1S/C12H15NO4/c1-8(9(2)14)7-12(15)10-3-5-11(6-4-10)13(16)17/h3-6,9,12,14-15H,1,7H2,2H3/t9-,12-/m0/s1. The average Bonchev–Trinajstić information content (AvgIpc) is 2.28. The Morgan fingerprint density at radius 1 is 1.41 bits per heavy atom. The number of hydrogen-bond donors (Lipinski definition) is 2. The summed E-state index contributed by atoms with van der Waals surface area (Å²) in [6.07, 6.45) is -1.25. The van der Waals surface area contributed by atoms with E-state index in [1.807, 2.05) is 0 Å². The SMILES string of the molecule is C=C(C[C@H](O)c1ccc([N+](=O)[O-])cc1)[C@H](C)O. The third kappa shape index (κ3) is 3.65. The van der Waals surface area contributed by atoms with Crippen LogP contribution in [0.25, 0.3) is 0 Å². The summed E-state index contributed by atoms with van der Waals surface area (Å²) < 4.78 is 0. The molecule has 1 aromatic carbocycles. The third-order valence-corrected chi connectivity index (χ3v) is 2.54. The van der Waals surface area contributed by atoms with E-state index in [9.17, 15) is 20.3 Å². The van der Waals surface area contributed by atoms with Gasteiger partial charge in [-0.3, -0.25) is 10.1 Å². The van der Waals surface area contributed by atoms with Crippen molar-refractivity contribution in [1.29, 1.82) is 0 Å². The Morgan fingerprint density at radius 3 is 2.35 bits per heavy atom. The van der Waals surface area contributed by atoms with Gasteiger partial charge in [-0.1, -0.05) is 6.58 Å². The molecule has 0 aliphatic carbocycles. The Bertz CT molecular complexity index is 411. The van der Waals surface area contributed by atoms with Crippen LogP contribution in [0.4, 0.5) is 5.69 Å². The normalized spacial score (nSPS) is 14.1. The van der Waals surface area contributed by atoms with Crippen LogP contribution in [0.2, 0.25) is 0 Å². The van der Waals surface area contributed by atoms with E-state index in [2.05, 4.69) is 6.58 Å². The maximum absolute atomic E-state index is 10.4. The zero-order valence-electron chi connectivity index (χ0n) is 9.54. The van der Waals surface area contributed by atoms with Gasteiger partial charge in [-0.05, 0) is 30.2 Å². The molecule has 0 unspecified atom stereocenters. The number of aliphatic hydroxyl groups excluding tert-OH is 2. The van der Waals surface area contributed by atoms with E-state index >= 15 is 0 Å². The molecule has 0 aliphatic rings. The largest absolute Gasteiger partial charge is 0.389 e. The van der Waals surface area contributed by atoms with Gasteiger partial charge in [-0.2, -0.15) is 0 Å². The van der Waals surface area contributed by atoms with Crippen LogP contribution in [-0.4, -0.2) is 21.2 Å². The molecular weight excluding hydrogens is 222 g/mol. The molecule has 0 spiro atoms. The Labute approximate surface area is 99.2 Å². The van der Waals surface area contributed by atoms with Crippen molar-refractivity contribution in [2.75, 3.05) is 0 Å². The van der Waals surface area contributed by atoms with Gasteiger partial charge < -0.3 is 10.2 Å². The van der Waals surface area contributed by atoms with Crippen LogP contribution >= 0.6 is 0 Å². The number of nitrogens with zero attached hydrogens (tertiary/aromatic N) is 1. The highest BCUT2D eigenvalue weighted by Crippen LogP contribution is 2.23. The summed E-state index contributed by atoms with van der Waals surface area (Å²) in [5, 5.41) is 29.5. The summed E-state index contributed by atoms with van der Waals surface area (Å²) in [5.74, 6) is 0. The van der Waals surface area contributed by atoms with E-state index in [4.69, 9.17) is 0 Å². The second-order valence-corrected chi connectivity index (χ2v) is 3.90. The van der Waals surface area contributed by atoms with Gasteiger partial charge in [0.15, 0.2) is 0 Å². The molecule has 5 heteroatoms. The Morgan fingerprint density at radius 2 is 1.94 bits per heavy atom. The average molecular weight is 237 g/mol. The summed E-state index contributed by atoms with van der Waals surface area (Å²) in [5.41, 5.74) is 1.07. The molecule has 92 valence electrons. The van der Waals surface area contributed by atoms with Crippen LogP contribution < -0.4 is 0 Å². The lowest BCUT2D eigenvalue weighted by atomic mass is 10.00. The molecule has 0 saturated carbocycles. The van der Waals surface area contributed by atoms with Crippen molar-refractivity contribution in [2.24, 2.45) is 0 Å². The number of nitro groups is 1. The number of nitro benzene ring substituents is 1. The molecule has 2 N–H and O–H groups in total.